The lowest BCUT2D eigenvalue weighted by Gasteiger charge is -2.30. The van der Waals surface area contributed by atoms with Gasteiger partial charge in [-0.3, -0.25) is 9.59 Å². The van der Waals surface area contributed by atoms with E-state index in [1.165, 1.54) is 11.4 Å². The number of hydrogen-bond donors (Lipinski definition) is 2. The number of anilines is 1. The monoisotopic (exact) mass is 415 g/mol. The summed E-state index contributed by atoms with van der Waals surface area (Å²) in [6, 6.07) is 13.6. The molecule has 0 saturated carbocycles. The lowest BCUT2D eigenvalue weighted by atomic mass is 9.97. The summed E-state index contributed by atoms with van der Waals surface area (Å²) in [5.74, 6) is -0.786. The van der Waals surface area contributed by atoms with Gasteiger partial charge in [-0.2, -0.15) is 4.31 Å². The van der Waals surface area contributed by atoms with E-state index in [0.29, 0.717) is 24.1 Å². The van der Waals surface area contributed by atoms with Gasteiger partial charge in [-0.1, -0.05) is 29.8 Å². The van der Waals surface area contributed by atoms with Gasteiger partial charge in [-0.25, -0.2) is 8.42 Å². The van der Waals surface area contributed by atoms with Crippen molar-refractivity contribution in [2.45, 2.75) is 24.7 Å². The standard InChI is InChI=1S/C21H25N3O4S/c1-15-7-9-17(10-8-15)29(27,28)24-13-11-16(12-14-24)20(25)23-19-6-4-3-5-18(19)21(26)22-2/h3-10,16H,11-14H2,1-2H3,(H,22,26)(H,23,25). The number of nitrogens with zero attached hydrogens (tertiary/aromatic N) is 1. The van der Waals surface area contributed by atoms with Crippen molar-refractivity contribution in [2.24, 2.45) is 5.92 Å². The van der Waals surface area contributed by atoms with Crippen LogP contribution in [-0.2, 0) is 14.8 Å². The normalized spacial score (nSPS) is 15.7. The minimum atomic E-state index is -3.56. The highest BCUT2D eigenvalue weighted by Gasteiger charge is 2.32. The number of rotatable bonds is 5. The molecule has 1 aliphatic rings. The highest BCUT2D eigenvalue weighted by atomic mass is 32.2. The molecule has 0 aromatic heterocycles. The Kier molecular flexibility index (Phi) is 6.34. The summed E-state index contributed by atoms with van der Waals surface area (Å²) < 4.78 is 27.0. The molecule has 29 heavy (non-hydrogen) atoms. The van der Waals surface area contributed by atoms with Gasteiger partial charge in [0.2, 0.25) is 15.9 Å². The quantitative estimate of drug-likeness (QED) is 0.784. The Bertz CT molecular complexity index is 995. The number of carbonyl (C=O) groups is 2. The molecule has 3 rings (SSSR count). The number of benzene rings is 2. The van der Waals surface area contributed by atoms with Crippen molar-refractivity contribution in [3.05, 3.63) is 59.7 Å². The number of sulfonamides is 1. The number of piperidine rings is 1. The predicted octanol–water partition coefficient (Wildman–Crippen LogP) is 2.39. The Morgan fingerprint density at radius 3 is 2.24 bits per heavy atom. The van der Waals surface area contributed by atoms with Crippen LogP contribution in [0.25, 0.3) is 0 Å². The van der Waals surface area contributed by atoms with Crippen LogP contribution in [0.15, 0.2) is 53.4 Å². The van der Waals surface area contributed by atoms with E-state index >= 15 is 0 Å². The highest BCUT2D eigenvalue weighted by molar-refractivity contribution is 7.89. The van der Waals surface area contributed by atoms with Crippen LogP contribution < -0.4 is 10.6 Å². The summed E-state index contributed by atoms with van der Waals surface area (Å²) >= 11 is 0. The van der Waals surface area contributed by atoms with Crippen molar-refractivity contribution < 1.29 is 18.0 Å². The number of amides is 2. The molecule has 1 aliphatic heterocycles. The van der Waals surface area contributed by atoms with Gasteiger partial charge in [0.15, 0.2) is 0 Å². The zero-order valence-electron chi connectivity index (χ0n) is 16.5. The second-order valence-electron chi connectivity index (χ2n) is 7.11. The first-order chi connectivity index (χ1) is 13.8. The SMILES string of the molecule is CNC(=O)c1ccccc1NC(=O)C1CCN(S(=O)(=O)c2ccc(C)cc2)CC1. The molecule has 0 unspecified atom stereocenters. The fourth-order valence-corrected chi connectivity index (χ4v) is 4.85. The number of aryl methyl sites for hydroxylation is 1. The van der Waals surface area contributed by atoms with E-state index in [1.54, 1.807) is 48.5 Å². The van der Waals surface area contributed by atoms with Crippen LogP contribution >= 0.6 is 0 Å². The molecule has 0 bridgehead atoms. The van der Waals surface area contributed by atoms with Crippen LogP contribution in [0.1, 0.15) is 28.8 Å². The van der Waals surface area contributed by atoms with Crippen LogP contribution in [0, 0.1) is 12.8 Å². The van der Waals surface area contributed by atoms with E-state index in [0.717, 1.165) is 5.56 Å². The van der Waals surface area contributed by atoms with Gasteiger partial charge in [-0.05, 0) is 44.0 Å². The largest absolute Gasteiger partial charge is 0.355 e. The molecule has 1 heterocycles. The summed E-state index contributed by atoms with van der Waals surface area (Å²) in [7, 11) is -2.03. The number of nitrogens with one attached hydrogen (secondary N) is 2. The van der Waals surface area contributed by atoms with Gasteiger partial charge in [0.1, 0.15) is 0 Å². The van der Waals surface area contributed by atoms with Crippen molar-refractivity contribution in [1.82, 2.24) is 9.62 Å². The molecule has 0 aliphatic carbocycles. The fourth-order valence-electron chi connectivity index (χ4n) is 3.38. The minimum Gasteiger partial charge on any atom is -0.355 e. The van der Waals surface area contributed by atoms with Crippen LogP contribution in [0.2, 0.25) is 0 Å². The molecule has 0 atom stereocenters. The summed E-state index contributed by atoms with van der Waals surface area (Å²) in [4.78, 5) is 24.9. The van der Waals surface area contributed by atoms with Crippen LogP contribution in [0.3, 0.4) is 0 Å². The Hall–Kier alpha value is -2.71. The topological polar surface area (TPSA) is 95.6 Å². The van der Waals surface area contributed by atoms with E-state index in [2.05, 4.69) is 10.6 Å². The Balaban J connectivity index is 1.64. The van der Waals surface area contributed by atoms with Crippen LogP contribution in [0.5, 0.6) is 0 Å². The first kappa shape index (κ1) is 21.0. The molecule has 8 heteroatoms. The van der Waals surface area contributed by atoms with Crippen LogP contribution in [0.4, 0.5) is 5.69 Å². The second kappa shape index (κ2) is 8.75. The maximum absolute atomic E-state index is 12.8. The number of carbonyl (C=O) groups excluding carboxylic acids is 2. The Morgan fingerprint density at radius 1 is 1.00 bits per heavy atom. The minimum absolute atomic E-state index is 0.200. The molecule has 1 saturated heterocycles. The van der Waals surface area contributed by atoms with E-state index < -0.39 is 10.0 Å². The third kappa shape index (κ3) is 4.65. The smallest absolute Gasteiger partial charge is 0.253 e. The molecule has 0 radical (unpaired) electrons. The van der Waals surface area contributed by atoms with Gasteiger partial charge in [0, 0.05) is 26.1 Å². The lowest BCUT2D eigenvalue weighted by Crippen LogP contribution is -2.41. The maximum atomic E-state index is 12.8. The van der Waals surface area contributed by atoms with Crippen LogP contribution in [-0.4, -0.2) is 44.7 Å². The molecule has 1 fully saturated rings. The highest BCUT2D eigenvalue weighted by Crippen LogP contribution is 2.25. The first-order valence-corrected chi connectivity index (χ1v) is 11.0. The molecule has 0 spiro atoms. The van der Waals surface area contributed by atoms with E-state index in [-0.39, 0.29) is 35.7 Å². The third-order valence-electron chi connectivity index (χ3n) is 5.14. The summed E-state index contributed by atoms with van der Waals surface area (Å²) in [5.41, 5.74) is 1.84. The summed E-state index contributed by atoms with van der Waals surface area (Å²) in [6.07, 6.45) is 0.859. The Morgan fingerprint density at radius 2 is 1.62 bits per heavy atom. The Labute approximate surface area is 171 Å². The molecular formula is C21H25N3O4S. The molecule has 2 N–H and O–H groups in total. The molecule has 2 aromatic rings. The van der Waals surface area contributed by atoms with Gasteiger partial charge in [0.05, 0.1) is 16.1 Å². The van der Waals surface area contributed by atoms with Gasteiger partial charge in [-0.15, -0.1) is 0 Å². The lowest BCUT2D eigenvalue weighted by molar-refractivity contribution is -0.120. The van der Waals surface area contributed by atoms with Gasteiger partial charge in [0.25, 0.3) is 5.91 Å². The number of hydrogen-bond acceptors (Lipinski definition) is 4. The summed E-state index contributed by atoms with van der Waals surface area (Å²) in [6.45, 7) is 2.47. The first-order valence-electron chi connectivity index (χ1n) is 9.51. The van der Waals surface area contributed by atoms with Crippen molar-refractivity contribution in [2.75, 3.05) is 25.5 Å². The average molecular weight is 416 g/mol. The average Bonchev–Trinajstić information content (AvgIpc) is 2.74. The van der Waals surface area contributed by atoms with Gasteiger partial charge >= 0.3 is 0 Å². The fraction of sp³-hybridized carbons (Fsp3) is 0.333. The van der Waals surface area contributed by atoms with Crippen molar-refractivity contribution in [3.63, 3.8) is 0 Å². The zero-order chi connectivity index (χ0) is 21.0. The van der Waals surface area contributed by atoms with Crippen molar-refractivity contribution in [3.8, 4) is 0 Å². The maximum Gasteiger partial charge on any atom is 0.253 e. The molecule has 154 valence electrons. The predicted molar refractivity (Wildman–Crippen MR) is 111 cm³/mol. The van der Waals surface area contributed by atoms with E-state index in [1.807, 2.05) is 6.92 Å². The third-order valence-corrected chi connectivity index (χ3v) is 7.05. The number of para-hydroxylation sites is 1. The molecular weight excluding hydrogens is 390 g/mol. The molecule has 7 nitrogen and oxygen atoms in total. The van der Waals surface area contributed by atoms with Crippen molar-refractivity contribution in [1.29, 1.82) is 0 Å². The van der Waals surface area contributed by atoms with E-state index in [9.17, 15) is 18.0 Å². The second-order valence-corrected chi connectivity index (χ2v) is 9.04. The van der Waals surface area contributed by atoms with E-state index in [4.69, 9.17) is 0 Å². The van der Waals surface area contributed by atoms with Crippen molar-refractivity contribution >= 4 is 27.5 Å². The zero-order valence-corrected chi connectivity index (χ0v) is 17.3. The molecule has 2 amide bonds. The molecule has 2 aromatic carbocycles. The summed E-state index contributed by atoms with van der Waals surface area (Å²) in [5, 5.41) is 5.37. The van der Waals surface area contributed by atoms with Gasteiger partial charge < -0.3 is 10.6 Å².